The van der Waals surface area contributed by atoms with E-state index in [0.29, 0.717) is 10.6 Å². The highest BCUT2D eigenvalue weighted by Gasteiger charge is 2.14. The van der Waals surface area contributed by atoms with Gasteiger partial charge in [0.2, 0.25) is 0 Å². The average molecular weight is 353 g/mol. The van der Waals surface area contributed by atoms with E-state index < -0.39 is 10.0 Å². The molecule has 4 N–H and O–H groups in total. The highest BCUT2D eigenvalue weighted by molar-refractivity contribution is 8.00. The second-order valence-corrected chi connectivity index (χ2v) is 7.98. The molecule has 0 bridgehead atoms. The minimum atomic E-state index is -3.63. The Morgan fingerprint density at radius 1 is 1.36 bits per heavy atom. The van der Waals surface area contributed by atoms with Gasteiger partial charge in [-0.05, 0) is 24.0 Å². The van der Waals surface area contributed by atoms with Crippen LogP contribution in [-0.4, -0.2) is 20.5 Å². The van der Waals surface area contributed by atoms with Crippen LogP contribution in [0.15, 0.2) is 46.0 Å². The van der Waals surface area contributed by atoms with Crippen LogP contribution in [-0.2, 0) is 10.0 Å². The molecule has 0 atom stereocenters. The lowest BCUT2D eigenvalue weighted by Gasteiger charge is -2.03. The van der Waals surface area contributed by atoms with Gasteiger partial charge in [-0.2, -0.15) is 0 Å². The number of rotatable bonds is 6. The van der Waals surface area contributed by atoms with Crippen molar-refractivity contribution in [1.82, 2.24) is 0 Å². The van der Waals surface area contributed by atoms with Crippen LogP contribution in [0.25, 0.3) is 6.08 Å². The summed E-state index contributed by atoms with van der Waals surface area (Å²) in [4.78, 5) is 0.536. The van der Waals surface area contributed by atoms with Gasteiger partial charge in [-0.1, -0.05) is 30.3 Å². The van der Waals surface area contributed by atoms with Crippen molar-refractivity contribution >= 4 is 50.7 Å². The first-order chi connectivity index (χ1) is 10.4. The summed E-state index contributed by atoms with van der Waals surface area (Å²) in [7, 11) is -3.63. The zero-order chi connectivity index (χ0) is 16.2. The molecule has 0 fully saturated rings. The van der Waals surface area contributed by atoms with Crippen LogP contribution < -0.4 is 10.5 Å². The molecular weight excluding hydrogens is 338 g/mol. The smallest absolute Gasteiger partial charge is 0.255 e. The number of benzene rings is 1. The molecule has 0 aliphatic carbocycles. The van der Waals surface area contributed by atoms with E-state index in [-0.39, 0.29) is 5.84 Å². The molecule has 1 heterocycles. The van der Waals surface area contributed by atoms with Crippen molar-refractivity contribution in [1.29, 1.82) is 5.41 Å². The minimum Gasteiger partial charge on any atom is -0.383 e. The summed E-state index contributed by atoms with van der Waals surface area (Å²) in [5, 5.41) is 8.56. The summed E-state index contributed by atoms with van der Waals surface area (Å²) in [5.74, 6) is -0.0782. The SMILES string of the molecule is CSc1sc(C(=N)N)cc1NS(=O)(=O)C=Cc1ccccc1. The summed E-state index contributed by atoms with van der Waals surface area (Å²) in [6.45, 7) is 0. The third-order valence-electron chi connectivity index (χ3n) is 2.64. The monoisotopic (exact) mass is 353 g/mol. The normalized spacial score (nSPS) is 11.7. The van der Waals surface area contributed by atoms with Gasteiger partial charge < -0.3 is 5.73 Å². The summed E-state index contributed by atoms with van der Waals surface area (Å²) in [6, 6.07) is 10.7. The van der Waals surface area contributed by atoms with E-state index >= 15 is 0 Å². The number of thiophene rings is 1. The van der Waals surface area contributed by atoms with Crippen LogP contribution in [0.5, 0.6) is 0 Å². The molecule has 22 heavy (non-hydrogen) atoms. The number of nitrogen functional groups attached to an aromatic ring is 1. The number of hydrogen-bond acceptors (Lipinski definition) is 5. The number of amidine groups is 1. The van der Waals surface area contributed by atoms with Gasteiger partial charge in [-0.25, -0.2) is 8.42 Å². The molecule has 2 rings (SSSR count). The van der Waals surface area contributed by atoms with Crippen molar-refractivity contribution in [3.05, 3.63) is 52.2 Å². The van der Waals surface area contributed by atoms with Gasteiger partial charge in [0.25, 0.3) is 10.0 Å². The highest BCUT2D eigenvalue weighted by atomic mass is 32.2. The number of hydrogen-bond donors (Lipinski definition) is 3. The fraction of sp³-hybridized carbons (Fsp3) is 0.0714. The Labute approximate surface area is 137 Å². The predicted octanol–water partition coefficient (Wildman–Crippen LogP) is 3.17. The Kier molecular flexibility index (Phi) is 5.28. The maximum Gasteiger partial charge on any atom is 0.255 e. The standard InChI is InChI=1S/C14H15N3O2S3/c1-20-14-11(9-12(21-14)13(15)16)17-22(18,19)8-7-10-5-3-2-4-6-10/h2-9,17H,1H3,(H3,15,16). The molecule has 5 nitrogen and oxygen atoms in total. The number of sulfonamides is 1. The Bertz CT molecular complexity index is 796. The number of nitrogens with one attached hydrogen (secondary N) is 2. The third kappa shape index (κ3) is 4.36. The fourth-order valence-electron chi connectivity index (χ4n) is 1.65. The van der Waals surface area contributed by atoms with Crippen LogP contribution in [0.4, 0.5) is 5.69 Å². The molecule has 1 aromatic carbocycles. The lowest BCUT2D eigenvalue weighted by Crippen LogP contribution is -2.10. The van der Waals surface area contributed by atoms with Gasteiger partial charge >= 0.3 is 0 Å². The van der Waals surface area contributed by atoms with Crippen LogP contribution >= 0.6 is 23.1 Å². The van der Waals surface area contributed by atoms with Gasteiger partial charge in [-0.15, -0.1) is 23.1 Å². The largest absolute Gasteiger partial charge is 0.383 e. The molecule has 0 radical (unpaired) electrons. The summed E-state index contributed by atoms with van der Waals surface area (Å²) in [6.07, 6.45) is 3.37. The zero-order valence-corrected chi connectivity index (χ0v) is 14.2. The second-order valence-electron chi connectivity index (χ2n) is 4.29. The molecule has 0 aliphatic rings. The molecule has 0 unspecified atom stereocenters. The molecule has 0 aliphatic heterocycles. The molecule has 1 aromatic heterocycles. The van der Waals surface area contributed by atoms with Crippen molar-refractivity contribution < 1.29 is 8.42 Å². The molecule has 2 aromatic rings. The van der Waals surface area contributed by atoms with Crippen LogP contribution in [0.2, 0.25) is 0 Å². The molecule has 116 valence electrons. The maximum atomic E-state index is 12.1. The Morgan fingerprint density at radius 2 is 2.05 bits per heavy atom. The van der Waals surface area contributed by atoms with Gasteiger partial charge in [0.1, 0.15) is 5.84 Å². The van der Waals surface area contributed by atoms with Gasteiger partial charge in [0, 0.05) is 0 Å². The first kappa shape index (κ1) is 16.6. The van der Waals surface area contributed by atoms with E-state index in [0.717, 1.165) is 15.2 Å². The lowest BCUT2D eigenvalue weighted by atomic mass is 10.2. The number of nitrogens with two attached hydrogens (primary N) is 1. The van der Waals surface area contributed by atoms with E-state index in [1.807, 2.05) is 36.6 Å². The van der Waals surface area contributed by atoms with Crippen molar-refractivity contribution in [3.63, 3.8) is 0 Å². The van der Waals surface area contributed by atoms with Gasteiger partial charge in [0.15, 0.2) is 0 Å². The predicted molar refractivity (Wildman–Crippen MR) is 95.1 cm³/mol. The van der Waals surface area contributed by atoms with E-state index in [1.54, 1.807) is 6.07 Å². The van der Waals surface area contributed by atoms with Crippen molar-refractivity contribution in [2.45, 2.75) is 4.21 Å². The van der Waals surface area contributed by atoms with E-state index in [4.69, 9.17) is 11.1 Å². The minimum absolute atomic E-state index is 0.0782. The summed E-state index contributed by atoms with van der Waals surface area (Å²) < 4.78 is 27.5. The van der Waals surface area contributed by atoms with E-state index in [9.17, 15) is 8.42 Å². The zero-order valence-electron chi connectivity index (χ0n) is 11.7. The Hall–Kier alpha value is -1.77. The van der Waals surface area contributed by atoms with Gasteiger partial charge in [0.05, 0.1) is 20.2 Å². The second kappa shape index (κ2) is 6.99. The average Bonchev–Trinajstić information content (AvgIpc) is 2.89. The van der Waals surface area contributed by atoms with E-state index in [2.05, 4.69) is 4.72 Å². The molecule has 0 saturated heterocycles. The van der Waals surface area contributed by atoms with Crippen LogP contribution in [0.3, 0.4) is 0 Å². The lowest BCUT2D eigenvalue weighted by molar-refractivity contribution is 0.609. The molecular formula is C14H15N3O2S3. The summed E-state index contributed by atoms with van der Waals surface area (Å²) in [5.41, 5.74) is 6.69. The molecule has 8 heteroatoms. The summed E-state index contributed by atoms with van der Waals surface area (Å²) >= 11 is 2.69. The van der Waals surface area contributed by atoms with Crippen molar-refractivity contribution in [3.8, 4) is 0 Å². The van der Waals surface area contributed by atoms with E-state index in [1.165, 1.54) is 29.2 Å². The van der Waals surface area contributed by atoms with Gasteiger partial charge in [-0.3, -0.25) is 10.1 Å². The molecule has 0 spiro atoms. The Balaban J connectivity index is 2.22. The molecule has 0 saturated carbocycles. The molecule has 0 amide bonds. The van der Waals surface area contributed by atoms with Crippen LogP contribution in [0, 0.1) is 5.41 Å². The number of thioether (sulfide) groups is 1. The third-order valence-corrected chi connectivity index (χ3v) is 5.94. The topological polar surface area (TPSA) is 96.0 Å². The first-order valence-electron chi connectivity index (χ1n) is 6.19. The number of anilines is 1. The first-order valence-corrected chi connectivity index (χ1v) is 9.78. The van der Waals surface area contributed by atoms with Crippen molar-refractivity contribution in [2.75, 3.05) is 11.0 Å². The van der Waals surface area contributed by atoms with Crippen LogP contribution in [0.1, 0.15) is 10.4 Å². The highest BCUT2D eigenvalue weighted by Crippen LogP contribution is 2.35. The maximum absolute atomic E-state index is 12.1. The van der Waals surface area contributed by atoms with Crippen molar-refractivity contribution in [2.24, 2.45) is 5.73 Å². The fourth-order valence-corrected chi connectivity index (χ4v) is 4.29. The quantitative estimate of drug-likeness (QED) is 0.422. The Morgan fingerprint density at radius 3 is 2.64 bits per heavy atom.